The molecule has 122 valence electrons. The van der Waals surface area contributed by atoms with E-state index in [4.69, 9.17) is 4.98 Å². The number of benzene rings is 2. The van der Waals surface area contributed by atoms with E-state index in [9.17, 15) is 4.79 Å². The van der Waals surface area contributed by atoms with Crippen molar-refractivity contribution >= 4 is 10.9 Å². The lowest BCUT2D eigenvalue weighted by atomic mass is 10.1. The number of aromatic nitrogens is 3. The zero-order chi connectivity index (χ0) is 17.1. The van der Waals surface area contributed by atoms with Crippen LogP contribution in [0.15, 0.2) is 83.9 Å². The lowest BCUT2D eigenvalue weighted by Gasteiger charge is -2.13. The van der Waals surface area contributed by atoms with Crippen molar-refractivity contribution in [2.45, 2.75) is 13.0 Å². The SMILES string of the molecule is O=c1c2ccccc2nc(-c2cccnc2)n1CCc1ccccc1. The molecule has 4 nitrogen and oxygen atoms in total. The van der Waals surface area contributed by atoms with E-state index >= 15 is 0 Å². The van der Waals surface area contributed by atoms with E-state index in [0.29, 0.717) is 23.3 Å². The van der Waals surface area contributed by atoms with Gasteiger partial charge in [0.2, 0.25) is 0 Å². The second kappa shape index (κ2) is 6.69. The Hall–Kier alpha value is -3.27. The maximum Gasteiger partial charge on any atom is 0.261 e. The first-order chi connectivity index (χ1) is 12.3. The molecule has 0 spiro atoms. The molecule has 4 heteroatoms. The molecule has 2 heterocycles. The van der Waals surface area contributed by atoms with Crippen molar-refractivity contribution < 1.29 is 0 Å². The van der Waals surface area contributed by atoms with Crippen LogP contribution in [0.3, 0.4) is 0 Å². The predicted octanol–water partition coefficient (Wildman–Crippen LogP) is 3.70. The highest BCUT2D eigenvalue weighted by atomic mass is 16.1. The largest absolute Gasteiger partial charge is 0.292 e. The van der Waals surface area contributed by atoms with Gasteiger partial charge in [-0.15, -0.1) is 0 Å². The lowest BCUT2D eigenvalue weighted by Crippen LogP contribution is -2.24. The summed E-state index contributed by atoms with van der Waals surface area (Å²) in [6.07, 6.45) is 4.24. The maximum atomic E-state index is 13.0. The minimum atomic E-state index is -0.0135. The first-order valence-electron chi connectivity index (χ1n) is 8.27. The van der Waals surface area contributed by atoms with Crippen LogP contribution in [0.25, 0.3) is 22.3 Å². The normalized spacial score (nSPS) is 10.9. The first-order valence-corrected chi connectivity index (χ1v) is 8.27. The van der Waals surface area contributed by atoms with Gasteiger partial charge in [-0.05, 0) is 36.2 Å². The fourth-order valence-corrected chi connectivity index (χ4v) is 2.98. The van der Waals surface area contributed by atoms with E-state index in [1.54, 1.807) is 17.0 Å². The van der Waals surface area contributed by atoms with Crippen molar-refractivity contribution in [3.8, 4) is 11.4 Å². The van der Waals surface area contributed by atoms with Crippen LogP contribution < -0.4 is 5.56 Å². The third-order valence-corrected chi connectivity index (χ3v) is 4.25. The van der Waals surface area contributed by atoms with Crippen molar-refractivity contribution in [2.75, 3.05) is 0 Å². The molecule has 4 rings (SSSR count). The second-order valence-electron chi connectivity index (χ2n) is 5.89. The Balaban J connectivity index is 1.85. The fraction of sp³-hybridized carbons (Fsp3) is 0.0952. The minimum absolute atomic E-state index is 0.0135. The van der Waals surface area contributed by atoms with Crippen LogP contribution in [-0.2, 0) is 13.0 Å². The Morgan fingerprint density at radius 2 is 1.68 bits per heavy atom. The molecule has 0 aliphatic heterocycles. The molecule has 0 bridgehead atoms. The van der Waals surface area contributed by atoms with Gasteiger partial charge in [0.15, 0.2) is 0 Å². The van der Waals surface area contributed by atoms with E-state index in [2.05, 4.69) is 17.1 Å². The van der Waals surface area contributed by atoms with Crippen LogP contribution >= 0.6 is 0 Å². The van der Waals surface area contributed by atoms with E-state index in [1.165, 1.54) is 5.56 Å². The van der Waals surface area contributed by atoms with Gasteiger partial charge in [0.1, 0.15) is 5.82 Å². The number of hydrogen-bond donors (Lipinski definition) is 0. The van der Waals surface area contributed by atoms with E-state index in [1.807, 2.05) is 54.6 Å². The summed E-state index contributed by atoms with van der Waals surface area (Å²) in [5.41, 5.74) is 2.74. The van der Waals surface area contributed by atoms with Gasteiger partial charge in [0.05, 0.1) is 10.9 Å². The quantitative estimate of drug-likeness (QED) is 0.574. The molecule has 2 aromatic heterocycles. The van der Waals surface area contributed by atoms with Gasteiger partial charge in [-0.1, -0.05) is 42.5 Å². The van der Waals surface area contributed by atoms with E-state index < -0.39 is 0 Å². The molecular weight excluding hydrogens is 310 g/mol. The Morgan fingerprint density at radius 1 is 0.880 bits per heavy atom. The smallest absolute Gasteiger partial charge is 0.261 e. The summed E-state index contributed by atoms with van der Waals surface area (Å²) < 4.78 is 1.76. The molecular formula is C21H17N3O. The molecule has 25 heavy (non-hydrogen) atoms. The van der Waals surface area contributed by atoms with Crippen LogP contribution in [0.4, 0.5) is 0 Å². The molecule has 0 aliphatic rings. The topological polar surface area (TPSA) is 47.8 Å². The summed E-state index contributed by atoms with van der Waals surface area (Å²) in [5, 5.41) is 0.642. The van der Waals surface area contributed by atoms with Gasteiger partial charge < -0.3 is 0 Å². The second-order valence-corrected chi connectivity index (χ2v) is 5.89. The van der Waals surface area contributed by atoms with Crippen LogP contribution in [-0.4, -0.2) is 14.5 Å². The van der Waals surface area contributed by atoms with Crippen molar-refractivity contribution in [3.05, 3.63) is 95.0 Å². The van der Waals surface area contributed by atoms with Gasteiger partial charge in [0.25, 0.3) is 5.56 Å². The summed E-state index contributed by atoms with van der Waals surface area (Å²) in [6, 6.07) is 21.4. The molecule has 0 amide bonds. The molecule has 0 radical (unpaired) electrons. The number of hydrogen-bond acceptors (Lipinski definition) is 3. The summed E-state index contributed by atoms with van der Waals surface area (Å²) in [4.78, 5) is 22.0. The average molecular weight is 327 g/mol. The van der Waals surface area contributed by atoms with Gasteiger partial charge in [-0.25, -0.2) is 4.98 Å². The highest BCUT2D eigenvalue weighted by Gasteiger charge is 2.12. The third kappa shape index (κ3) is 3.06. The molecule has 0 aliphatic carbocycles. The van der Waals surface area contributed by atoms with Crippen molar-refractivity contribution in [2.24, 2.45) is 0 Å². The van der Waals surface area contributed by atoms with E-state index in [0.717, 1.165) is 12.0 Å². The molecule has 2 aromatic carbocycles. The number of para-hydroxylation sites is 1. The first kappa shape index (κ1) is 15.3. The van der Waals surface area contributed by atoms with Gasteiger partial charge in [0, 0.05) is 24.5 Å². The monoisotopic (exact) mass is 327 g/mol. The number of aryl methyl sites for hydroxylation is 1. The Morgan fingerprint density at radius 3 is 2.48 bits per heavy atom. The van der Waals surface area contributed by atoms with Crippen molar-refractivity contribution in [1.82, 2.24) is 14.5 Å². The highest BCUT2D eigenvalue weighted by molar-refractivity contribution is 5.79. The summed E-state index contributed by atoms with van der Waals surface area (Å²) in [5.74, 6) is 0.660. The molecule has 0 saturated carbocycles. The van der Waals surface area contributed by atoms with Crippen LogP contribution in [0.1, 0.15) is 5.56 Å². The van der Waals surface area contributed by atoms with Crippen LogP contribution in [0.5, 0.6) is 0 Å². The molecule has 0 N–H and O–H groups in total. The number of fused-ring (bicyclic) bond motifs is 1. The van der Waals surface area contributed by atoms with Gasteiger partial charge >= 0.3 is 0 Å². The minimum Gasteiger partial charge on any atom is -0.292 e. The highest BCUT2D eigenvalue weighted by Crippen LogP contribution is 2.18. The van der Waals surface area contributed by atoms with Crippen LogP contribution in [0, 0.1) is 0 Å². The van der Waals surface area contributed by atoms with Gasteiger partial charge in [-0.3, -0.25) is 14.3 Å². The standard InChI is InChI=1S/C21H17N3O/c25-21-18-10-4-5-11-19(18)23-20(17-9-6-13-22-15-17)24(21)14-12-16-7-2-1-3-8-16/h1-11,13,15H,12,14H2. The molecule has 4 aromatic rings. The molecule has 0 fully saturated rings. The molecule has 0 unspecified atom stereocenters. The zero-order valence-electron chi connectivity index (χ0n) is 13.7. The van der Waals surface area contributed by atoms with Crippen molar-refractivity contribution in [1.29, 1.82) is 0 Å². The zero-order valence-corrected chi connectivity index (χ0v) is 13.7. The number of rotatable bonds is 4. The van der Waals surface area contributed by atoms with E-state index in [-0.39, 0.29) is 5.56 Å². The van der Waals surface area contributed by atoms with Gasteiger partial charge in [-0.2, -0.15) is 0 Å². The summed E-state index contributed by atoms with van der Waals surface area (Å²) in [7, 11) is 0. The lowest BCUT2D eigenvalue weighted by molar-refractivity contribution is 0.671. The van der Waals surface area contributed by atoms with Crippen molar-refractivity contribution in [3.63, 3.8) is 0 Å². The summed E-state index contributed by atoms with van der Waals surface area (Å²) in [6.45, 7) is 0.574. The number of nitrogens with zero attached hydrogens (tertiary/aromatic N) is 3. The Labute approximate surface area is 145 Å². The summed E-state index contributed by atoms with van der Waals surface area (Å²) >= 11 is 0. The average Bonchev–Trinajstić information content (AvgIpc) is 2.69. The Bertz CT molecular complexity index is 1060. The van der Waals surface area contributed by atoms with Crippen LogP contribution in [0.2, 0.25) is 0 Å². The third-order valence-electron chi connectivity index (χ3n) is 4.25. The number of pyridine rings is 1. The fourth-order valence-electron chi connectivity index (χ4n) is 2.98. The molecule has 0 atom stereocenters. The maximum absolute atomic E-state index is 13.0. The molecule has 0 saturated heterocycles. The predicted molar refractivity (Wildman–Crippen MR) is 99.4 cm³/mol. The Kier molecular flexibility index (Phi) is 4.09.